The Hall–Kier alpha value is -2.54. The minimum Gasteiger partial charge on any atom is -0.465 e. The number of sulfone groups is 1. The molecule has 2 amide bonds. The molecule has 202 valence electrons. The minimum absolute atomic E-state index is 0.0502. The van der Waals surface area contributed by atoms with Crippen LogP contribution in [-0.4, -0.2) is 67.3 Å². The highest BCUT2D eigenvalue weighted by Gasteiger charge is 2.35. The Morgan fingerprint density at radius 3 is 2.27 bits per heavy atom. The second kappa shape index (κ2) is 11.5. The molecule has 1 aliphatic heterocycles. The Balaban J connectivity index is 1.80. The van der Waals surface area contributed by atoms with Crippen LogP contribution in [0.25, 0.3) is 0 Å². The number of nitrogens with one attached hydrogen (secondary N) is 1. The van der Waals surface area contributed by atoms with Gasteiger partial charge in [0, 0.05) is 49.9 Å². The van der Waals surface area contributed by atoms with Gasteiger partial charge in [-0.25, -0.2) is 13.2 Å². The molecule has 37 heavy (non-hydrogen) atoms. The van der Waals surface area contributed by atoms with E-state index in [1.54, 1.807) is 4.90 Å². The van der Waals surface area contributed by atoms with E-state index in [1.807, 2.05) is 0 Å². The first-order valence-corrected chi connectivity index (χ1v) is 13.5. The van der Waals surface area contributed by atoms with Gasteiger partial charge in [0.2, 0.25) is 0 Å². The third-order valence-electron chi connectivity index (χ3n) is 5.93. The first-order valence-electron chi connectivity index (χ1n) is 11.1. The third kappa shape index (κ3) is 7.07. The largest absolute Gasteiger partial charge is 0.465 e. The smallest absolute Gasteiger partial charge is 0.416 e. The topological polar surface area (TPSA) is 107 Å². The highest BCUT2D eigenvalue weighted by Crippen LogP contribution is 2.34. The maximum atomic E-state index is 13.8. The van der Waals surface area contributed by atoms with Crippen molar-refractivity contribution in [3.05, 3.63) is 62.6 Å². The summed E-state index contributed by atoms with van der Waals surface area (Å²) in [6.45, 7) is 1.94. The lowest BCUT2D eigenvalue weighted by Gasteiger charge is -2.33. The molecular weight excluding hydrogens is 558 g/mol. The molecule has 14 heteroatoms. The van der Waals surface area contributed by atoms with E-state index in [-0.39, 0.29) is 76.7 Å². The molecule has 8 nitrogen and oxygen atoms in total. The number of hydrogen-bond acceptors (Lipinski definition) is 5. The number of carboxylic acid groups (broad SMARTS) is 1. The molecule has 2 aromatic carbocycles. The molecule has 1 heterocycles. The Bertz CT molecular complexity index is 1300. The number of halogens is 5. The zero-order valence-corrected chi connectivity index (χ0v) is 21.9. The summed E-state index contributed by atoms with van der Waals surface area (Å²) in [5.41, 5.74) is -1.19. The molecule has 0 atom stereocenters. The number of carbonyl (C=O) groups excluding carboxylic acids is 1. The quantitative estimate of drug-likeness (QED) is 0.497. The van der Waals surface area contributed by atoms with E-state index in [9.17, 15) is 31.2 Å². The van der Waals surface area contributed by atoms with E-state index < -0.39 is 33.6 Å². The van der Waals surface area contributed by atoms with Crippen molar-refractivity contribution in [3.63, 3.8) is 0 Å². The summed E-state index contributed by atoms with van der Waals surface area (Å²) in [5, 5.41) is 11.5. The summed E-state index contributed by atoms with van der Waals surface area (Å²) >= 11 is 12.1. The molecule has 0 radical (unpaired) electrons. The van der Waals surface area contributed by atoms with Crippen LogP contribution in [0.3, 0.4) is 0 Å². The Morgan fingerprint density at radius 2 is 1.70 bits per heavy atom. The maximum absolute atomic E-state index is 13.8. The van der Waals surface area contributed by atoms with E-state index in [2.05, 4.69) is 5.32 Å². The number of nitrogens with zero attached hydrogens (tertiary/aromatic N) is 2. The number of amides is 2. The fourth-order valence-corrected chi connectivity index (χ4v) is 6.04. The van der Waals surface area contributed by atoms with Crippen molar-refractivity contribution in [1.82, 2.24) is 15.1 Å². The van der Waals surface area contributed by atoms with Crippen LogP contribution in [0.15, 0.2) is 35.2 Å². The van der Waals surface area contributed by atoms with Crippen molar-refractivity contribution in [2.24, 2.45) is 0 Å². The highest BCUT2D eigenvalue weighted by atomic mass is 35.5. The van der Waals surface area contributed by atoms with E-state index >= 15 is 0 Å². The molecule has 0 saturated carbocycles. The third-order valence-corrected chi connectivity index (χ3v) is 8.42. The molecule has 2 aromatic rings. The SMILES string of the molecule is CCS(=O)(=O)c1c(Cl)cc(Cl)cc1CNC(=O)c1ccc(CN2CCN(C(=O)O)CC2)c(C(F)(F)F)c1. The van der Waals surface area contributed by atoms with Gasteiger partial charge in [-0.05, 0) is 35.4 Å². The van der Waals surface area contributed by atoms with E-state index in [4.69, 9.17) is 28.3 Å². The number of benzene rings is 2. The van der Waals surface area contributed by atoms with Crippen molar-refractivity contribution >= 4 is 45.0 Å². The molecule has 0 aromatic heterocycles. The molecule has 2 N–H and O–H groups in total. The van der Waals surface area contributed by atoms with Crippen molar-refractivity contribution in [2.45, 2.75) is 31.1 Å². The zero-order valence-electron chi connectivity index (χ0n) is 19.6. The molecule has 1 saturated heterocycles. The van der Waals surface area contributed by atoms with Crippen LogP contribution in [0.2, 0.25) is 10.0 Å². The van der Waals surface area contributed by atoms with Gasteiger partial charge < -0.3 is 15.3 Å². The molecule has 1 fully saturated rings. The number of piperazine rings is 1. The fourth-order valence-electron chi connectivity index (χ4n) is 3.97. The molecule has 0 aliphatic carbocycles. The molecule has 1 aliphatic rings. The summed E-state index contributed by atoms with van der Waals surface area (Å²) in [5.74, 6) is -1.10. The Kier molecular flexibility index (Phi) is 8.99. The van der Waals surface area contributed by atoms with Gasteiger partial charge >= 0.3 is 12.3 Å². The van der Waals surface area contributed by atoms with Gasteiger partial charge in [0.05, 0.1) is 21.2 Å². The lowest BCUT2D eigenvalue weighted by atomic mass is 10.0. The van der Waals surface area contributed by atoms with Crippen molar-refractivity contribution in [3.8, 4) is 0 Å². The van der Waals surface area contributed by atoms with Crippen LogP contribution in [-0.2, 0) is 29.1 Å². The second-order valence-electron chi connectivity index (χ2n) is 8.38. The number of hydrogen-bond donors (Lipinski definition) is 2. The average molecular weight is 582 g/mol. The van der Waals surface area contributed by atoms with E-state index in [0.29, 0.717) is 0 Å². The molecular formula is C23H24Cl2F3N3O5S. The van der Waals surface area contributed by atoms with Crippen LogP contribution < -0.4 is 5.32 Å². The van der Waals surface area contributed by atoms with Crippen LogP contribution in [0, 0.1) is 0 Å². The minimum atomic E-state index is -4.74. The Labute approximate surface area is 221 Å². The van der Waals surface area contributed by atoms with Gasteiger partial charge in [-0.2, -0.15) is 13.2 Å². The standard InChI is InChI=1S/C23H24Cl2F3N3O5S/c1-2-37(35,36)20-16(9-17(24)11-19(20)25)12-29-21(32)14-3-4-15(18(10-14)23(26,27)28)13-30-5-7-31(8-6-30)22(33)34/h3-4,9-11H,2,5-8,12-13H2,1H3,(H,29,32)(H,33,34). The van der Waals surface area contributed by atoms with Gasteiger partial charge in [-0.1, -0.05) is 36.2 Å². The van der Waals surface area contributed by atoms with Gasteiger partial charge in [0.1, 0.15) is 0 Å². The van der Waals surface area contributed by atoms with Crippen LogP contribution in [0.1, 0.15) is 34.0 Å². The number of rotatable bonds is 7. The monoisotopic (exact) mass is 581 g/mol. The van der Waals surface area contributed by atoms with Gasteiger partial charge in [0.15, 0.2) is 9.84 Å². The fraction of sp³-hybridized carbons (Fsp3) is 0.391. The lowest BCUT2D eigenvalue weighted by Crippen LogP contribution is -2.47. The summed E-state index contributed by atoms with van der Waals surface area (Å²) in [4.78, 5) is 26.5. The van der Waals surface area contributed by atoms with Gasteiger partial charge in [-0.3, -0.25) is 9.69 Å². The van der Waals surface area contributed by atoms with Crippen molar-refractivity contribution < 1.29 is 36.3 Å². The van der Waals surface area contributed by atoms with Crippen molar-refractivity contribution in [2.75, 3.05) is 31.9 Å². The lowest BCUT2D eigenvalue weighted by molar-refractivity contribution is -0.138. The first-order chi connectivity index (χ1) is 17.2. The second-order valence-corrected chi connectivity index (χ2v) is 11.4. The number of alkyl halides is 3. The predicted octanol–water partition coefficient (Wildman–Crippen LogP) is 4.53. The normalized spacial score (nSPS) is 15.0. The number of carbonyl (C=O) groups is 2. The first kappa shape index (κ1) is 29.0. The van der Waals surface area contributed by atoms with Crippen LogP contribution in [0.4, 0.5) is 18.0 Å². The Morgan fingerprint density at radius 1 is 1.05 bits per heavy atom. The van der Waals surface area contributed by atoms with Crippen LogP contribution >= 0.6 is 23.2 Å². The van der Waals surface area contributed by atoms with Gasteiger partial charge in [-0.15, -0.1) is 0 Å². The summed E-state index contributed by atoms with van der Waals surface area (Å²) < 4.78 is 66.5. The summed E-state index contributed by atoms with van der Waals surface area (Å²) in [7, 11) is -3.77. The predicted molar refractivity (Wildman–Crippen MR) is 132 cm³/mol. The molecule has 0 spiro atoms. The van der Waals surface area contributed by atoms with Crippen LogP contribution in [0.5, 0.6) is 0 Å². The zero-order chi connectivity index (χ0) is 27.5. The molecule has 0 unspecified atom stereocenters. The van der Waals surface area contributed by atoms with E-state index in [1.165, 1.54) is 36.1 Å². The van der Waals surface area contributed by atoms with Crippen molar-refractivity contribution in [1.29, 1.82) is 0 Å². The van der Waals surface area contributed by atoms with Gasteiger partial charge in [0.25, 0.3) is 5.91 Å². The molecule has 0 bridgehead atoms. The summed E-state index contributed by atoms with van der Waals surface area (Å²) in [6, 6.07) is 5.79. The highest BCUT2D eigenvalue weighted by molar-refractivity contribution is 7.91. The average Bonchev–Trinajstić information content (AvgIpc) is 2.81. The summed E-state index contributed by atoms with van der Waals surface area (Å²) in [6.07, 6.45) is -5.82. The maximum Gasteiger partial charge on any atom is 0.416 e. The molecule has 3 rings (SSSR count). The van der Waals surface area contributed by atoms with E-state index in [0.717, 1.165) is 6.07 Å².